The molecule has 1 unspecified atom stereocenters. The maximum Gasteiger partial charge on any atom is 0.314 e. The fourth-order valence-corrected chi connectivity index (χ4v) is 3.13. The maximum atomic E-state index is 11.9. The summed E-state index contributed by atoms with van der Waals surface area (Å²) in [6.07, 6.45) is 2.75. The van der Waals surface area contributed by atoms with Crippen molar-refractivity contribution in [1.29, 1.82) is 0 Å². The fraction of sp³-hybridized carbons (Fsp3) is 0.381. The molecule has 2 aromatic carbocycles. The lowest BCUT2D eigenvalue weighted by molar-refractivity contribution is 0.240. The predicted octanol–water partition coefficient (Wildman–Crippen LogP) is 3.66. The van der Waals surface area contributed by atoms with Gasteiger partial charge in [0.1, 0.15) is 5.75 Å². The summed E-state index contributed by atoms with van der Waals surface area (Å²) in [6, 6.07) is 16.6. The van der Waals surface area contributed by atoms with E-state index in [1.807, 2.05) is 12.1 Å². The Hall–Kier alpha value is -2.49. The van der Waals surface area contributed by atoms with E-state index in [1.54, 1.807) is 0 Å². The van der Waals surface area contributed by atoms with Gasteiger partial charge in [0.25, 0.3) is 0 Å². The van der Waals surface area contributed by atoms with E-state index in [0.29, 0.717) is 19.0 Å². The van der Waals surface area contributed by atoms with Crippen LogP contribution in [0.4, 0.5) is 4.79 Å². The van der Waals surface area contributed by atoms with Crippen LogP contribution >= 0.6 is 0 Å². The second-order valence-corrected chi connectivity index (χ2v) is 6.57. The molecule has 0 aliphatic carbocycles. The summed E-state index contributed by atoms with van der Waals surface area (Å²) < 4.78 is 5.51. The van der Waals surface area contributed by atoms with Crippen LogP contribution in [0.15, 0.2) is 48.5 Å². The molecule has 132 valence electrons. The smallest absolute Gasteiger partial charge is 0.314 e. The number of hydrogen-bond acceptors (Lipinski definition) is 2. The Bertz CT molecular complexity index is 700. The van der Waals surface area contributed by atoms with Crippen molar-refractivity contribution < 1.29 is 9.53 Å². The Morgan fingerprint density at radius 3 is 2.76 bits per heavy atom. The first kappa shape index (κ1) is 17.3. The van der Waals surface area contributed by atoms with Crippen LogP contribution in [0.2, 0.25) is 0 Å². The normalized spacial score (nSPS) is 13.6. The molecule has 2 N–H and O–H groups in total. The summed E-state index contributed by atoms with van der Waals surface area (Å²) in [5.41, 5.74) is 3.82. The Kier molecular flexibility index (Phi) is 5.94. The largest absolute Gasteiger partial charge is 0.493 e. The molecule has 2 amide bonds. The number of benzene rings is 2. The van der Waals surface area contributed by atoms with Gasteiger partial charge >= 0.3 is 6.03 Å². The number of urea groups is 1. The van der Waals surface area contributed by atoms with E-state index in [1.165, 1.54) is 16.7 Å². The SMILES string of the molecule is CC(CCNC(=O)NCCc1ccc2c(c1)CCO2)c1ccccc1. The fourth-order valence-electron chi connectivity index (χ4n) is 3.13. The molecule has 1 atom stereocenters. The molecule has 3 rings (SSSR count). The highest BCUT2D eigenvalue weighted by Crippen LogP contribution is 2.25. The molecule has 1 aliphatic heterocycles. The number of carbonyl (C=O) groups is 1. The Labute approximate surface area is 149 Å². The summed E-state index contributed by atoms with van der Waals surface area (Å²) in [4.78, 5) is 11.9. The van der Waals surface area contributed by atoms with Gasteiger partial charge in [-0.25, -0.2) is 4.79 Å². The van der Waals surface area contributed by atoms with Gasteiger partial charge in [-0.15, -0.1) is 0 Å². The van der Waals surface area contributed by atoms with E-state index in [9.17, 15) is 4.79 Å². The van der Waals surface area contributed by atoms with Crippen molar-refractivity contribution in [1.82, 2.24) is 10.6 Å². The highest BCUT2D eigenvalue weighted by Gasteiger charge is 2.12. The highest BCUT2D eigenvalue weighted by molar-refractivity contribution is 5.73. The molecule has 0 bridgehead atoms. The van der Waals surface area contributed by atoms with Crippen LogP contribution in [0, 0.1) is 0 Å². The minimum absolute atomic E-state index is 0.0928. The zero-order valence-electron chi connectivity index (χ0n) is 14.8. The van der Waals surface area contributed by atoms with Crippen LogP contribution in [0.1, 0.15) is 36.0 Å². The molecule has 2 aromatic rings. The number of carbonyl (C=O) groups excluding carboxylic acids is 1. The summed E-state index contributed by atoms with van der Waals surface area (Å²) in [7, 11) is 0. The lowest BCUT2D eigenvalue weighted by atomic mass is 9.98. The second-order valence-electron chi connectivity index (χ2n) is 6.57. The number of nitrogens with one attached hydrogen (secondary N) is 2. The van der Waals surface area contributed by atoms with E-state index >= 15 is 0 Å². The summed E-state index contributed by atoms with van der Waals surface area (Å²) in [5, 5.41) is 5.87. The molecule has 1 aliphatic rings. The summed E-state index contributed by atoms with van der Waals surface area (Å²) >= 11 is 0. The number of amides is 2. The van der Waals surface area contributed by atoms with Crippen LogP contribution in [-0.4, -0.2) is 25.7 Å². The minimum Gasteiger partial charge on any atom is -0.493 e. The standard InChI is InChI=1S/C21H26N2O2/c1-16(18-5-3-2-4-6-18)9-12-22-21(24)23-13-10-17-7-8-20-19(15-17)11-14-25-20/h2-8,15-16H,9-14H2,1H3,(H2,22,23,24). The van der Waals surface area contributed by atoms with Crippen LogP contribution in [0.5, 0.6) is 5.75 Å². The first-order valence-electron chi connectivity index (χ1n) is 9.03. The third-order valence-electron chi connectivity index (χ3n) is 4.68. The summed E-state index contributed by atoms with van der Waals surface area (Å²) in [6.45, 7) is 4.28. The zero-order chi connectivity index (χ0) is 17.5. The summed E-state index contributed by atoms with van der Waals surface area (Å²) in [5.74, 6) is 1.44. The van der Waals surface area contributed by atoms with E-state index in [2.05, 4.69) is 54.0 Å². The second kappa shape index (κ2) is 8.56. The van der Waals surface area contributed by atoms with E-state index in [4.69, 9.17) is 4.74 Å². The van der Waals surface area contributed by atoms with Crippen LogP contribution < -0.4 is 15.4 Å². The topological polar surface area (TPSA) is 50.4 Å². The van der Waals surface area contributed by atoms with Crippen LogP contribution in [0.3, 0.4) is 0 Å². The molecule has 4 nitrogen and oxygen atoms in total. The lowest BCUT2D eigenvalue weighted by Crippen LogP contribution is -2.37. The third kappa shape index (κ3) is 4.99. The molecule has 0 saturated heterocycles. The van der Waals surface area contributed by atoms with Gasteiger partial charge in [0.05, 0.1) is 6.61 Å². The van der Waals surface area contributed by atoms with Gasteiger partial charge in [-0.2, -0.15) is 0 Å². The van der Waals surface area contributed by atoms with Crippen LogP contribution in [-0.2, 0) is 12.8 Å². The molecular weight excluding hydrogens is 312 g/mol. The van der Waals surface area contributed by atoms with Crippen molar-refractivity contribution in [3.63, 3.8) is 0 Å². The van der Waals surface area contributed by atoms with Crippen molar-refractivity contribution in [2.75, 3.05) is 19.7 Å². The van der Waals surface area contributed by atoms with Crippen molar-refractivity contribution in [2.45, 2.75) is 32.1 Å². The van der Waals surface area contributed by atoms with Gasteiger partial charge in [-0.05, 0) is 41.5 Å². The number of fused-ring (bicyclic) bond motifs is 1. The van der Waals surface area contributed by atoms with Crippen LogP contribution in [0.25, 0.3) is 0 Å². The van der Waals surface area contributed by atoms with Gasteiger partial charge in [0, 0.05) is 19.5 Å². The highest BCUT2D eigenvalue weighted by atomic mass is 16.5. The average Bonchev–Trinajstić information content (AvgIpc) is 3.10. The first-order valence-corrected chi connectivity index (χ1v) is 9.03. The van der Waals surface area contributed by atoms with Gasteiger partial charge < -0.3 is 15.4 Å². The van der Waals surface area contributed by atoms with Gasteiger partial charge in [-0.3, -0.25) is 0 Å². The average molecular weight is 338 g/mol. The molecule has 25 heavy (non-hydrogen) atoms. The third-order valence-corrected chi connectivity index (χ3v) is 4.68. The number of ether oxygens (including phenoxy) is 1. The van der Waals surface area contributed by atoms with E-state index in [-0.39, 0.29) is 6.03 Å². The molecule has 0 saturated carbocycles. The molecule has 0 radical (unpaired) electrons. The molecule has 1 heterocycles. The van der Waals surface area contributed by atoms with Crippen molar-refractivity contribution >= 4 is 6.03 Å². The number of hydrogen-bond donors (Lipinski definition) is 2. The van der Waals surface area contributed by atoms with E-state index in [0.717, 1.165) is 31.6 Å². The quantitative estimate of drug-likeness (QED) is 0.809. The van der Waals surface area contributed by atoms with Gasteiger partial charge in [0.15, 0.2) is 0 Å². The zero-order valence-corrected chi connectivity index (χ0v) is 14.8. The Balaban J connectivity index is 1.33. The van der Waals surface area contributed by atoms with Gasteiger partial charge in [-0.1, -0.05) is 49.4 Å². The van der Waals surface area contributed by atoms with Gasteiger partial charge in [0.2, 0.25) is 0 Å². The molecule has 0 fully saturated rings. The Morgan fingerprint density at radius 2 is 1.92 bits per heavy atom. The first-order chi connectivity index (χ1) is 12.2. The van der Waals surface area contributed by atoms with Crippen molar-refractivity contribution in [2.24, 2.45) is 0 Å². The minimum atomic E-state index is -0.0928. The maximum absolute atomic E-state index is 11.9. The Morgan fingerprint density at radius 1 is 1.12 bits per heavy atom. The molecule has 4 heteroatoms. The van der Waals surface area contributed by atoms with Crippen molar-refractivity contribution in [3.8, 4) is 5.75 Å². The van der Waals surface area contributed by atoms with Crippen molar-refractivity contribution in [3.05, 3.63) is 65.2 Å². The predicted molar refractivity (Wildman–Crippen MR) is 100 cm³/mol. The van der Waals surface area contributed by atoms with E-state index < -0.39 is 0 Å². The number of rotatable bonds is 7. The lowest BCUT2D eigenvalue weighted by Gasteiger charge is -2.13. The monoisotopic (exact) mass is 338 g/mol. The molecular formula is C21H26N2O2. The molecule has 0 aromatic heterocycles. The molecule has 0 spiro atoms.